The van der Waals surface area contributed by atoms with Gasteiger partial charge < -0.3 is 14.8 Å². The van der Waals surface area contributed by atoms with E-state index in [1.165, 1.54) is 12.1 Å². The highest BCUT2D eigenvalue weighted by Gasteiger charge is 2.35. The first kappa shape index (κ1) is 16.7. The van der Waals surface area contributed by atoms with Crippen LogP contribution in [0.1, 0.15) is 18.0 Å². The lowest BCUT2D eigenvalue weighted by atomic mass is 9.83. The zero-order chi connectivity index (χ0) is 18.3. The molecule has 0 spiro atoms. The molecule has 8 heteroatoms. The van der Waals surface area contributed by atoms with Crippen molar-refractivity contribution in [3.8, 4) is 0 Å². The largest absolute Gasteiger partial charge is 0.348 e. The number of pyridine rings is 1. The van der Waals surface area contributed by atoms with E-state index >= 15 is 0 Å². The zero-order valence-electron chi connectivity index (χ0n) is 14.0. The number of rotatable bonds is 2. The molecule has 1 fully saturated rings. The molecule has 1 saturated heterocycles. The number of thiocarbonyl (C=S) groups is 1. The Bertz CT molecular complexity index is 925. The molecular weight excluding hydrogens is 352 g/mol. The first-order valence-electron chi connectivity index (χ1n) is 8.51. The standard InChI is InChI=1S/C18H18N4O3S/c23-17-3-1-2-16-13-8-12(10-21(16)17)9-20(11-13)18(26)19-14-4-6-15(7-5-14)22(24)25/h1-7,12-13H,8-11H2,(H,19,26)/t12-,13+/m0/s1. The number of hydrogen-bond acceptors (Lipinski definition) is 4. The van der Waals surface area contributed by atoms with Gasteiger partial charge in [-0.3, -0.25) is 14.9 Å². The van der Waals surface area contributed by atoms with Crippen molar-refractivity contribution < 1.29 is 4.92 Å². The molecule has 7 nitrogen and oxygen atoms in total. The van der Waals surface area contributed by atoms with Crippen molar-refractivity contribution in [2.75, 3.05) is 18.4 Å². The molecule has 1 N–H and O–H groups in total. The average Bonchev–Trinajstić information content (AvgIpc) is 2.63. The van der Waals surface area contributed by atoms with Crippen LogP contribution < -0.4 is 10.9 Å². The fraction of sp³-hybridized carbons (Fsp3) is 0.333. The Morgan fingerprint density at radius 3 is 2.65 bits per heavy atom. The minimum atomic E-state index is -0.423. The van der Waals surface area contributed by atoms with Gasteiger partial charge >= 0.3 is 0 Å². The highest BCUT2D eigenvalue weighted by molar-refractivity contribution is 7.80. The van der Waals surface area contributed by atoms with Crippen molar-refractivity contribution >= 4 is 28.7 Å². The van der Waals surface area contributed by atoms with Crippen molar-refractivity contribution in [2.45, 2.75) is 18.9 Å². The second-order valence-corrected chi connectivity index (χ2v) is 7.22. The lowest BCUT2D eigenvalue weighted by molar-refractivity contribution is -0.384. The minimum Gasteiger partial charge on any atom is -0.348 e. The first-order chi connectivity index (χ1) is 12.5. The normalized spacial score (nSPS) is 21.0. The molecule has 2 bridgehead atoms. The summed E-state index contributed by atoms with van der Waals surface area (Å²) in [6.07, 6.45) is 1.07. The number of likely N-dealkylation sites (tertiary alicyclic amines) is 1. The highest BCUT2D eigenvalue weighted by atomic mass is 32.1. The van der Waals surface area contributed by atoms with Crippen LogP contribution in [0.4, 0.5) is 11.4 Å². The second-order valence-electron chi connectivity index (χ2n) is 6.84. The quantitative estimate of drug-likeness (QED) is 0.497. The summed E-state index contributed by atoms with van der Waals surface area (Å²) >= 11 is 5.56. The van der Waals surface area contributed by atoms with Gasteiger partial charge in [0.1, 0.15) is 0 Å². The smallest absolute Gasteiger partial charge is 0.269 e. The van der Waals surface area contributed by atoms with Crippen molar-refractivity contribution in [3.05, 3.63) is 68.6 Å². The number of nitro groups is 1. The summed E-state index contributed by atoms with van der Waals surface area (Å²) in [6.45, 7) is 2.29. The van der Waals surface area contributed by atoms with E-state index in [1.807, 2.05) is 16.7 Å². The number of nitrogens with zero attached hydrogens (tertiary/aromatic N) is 3. The number of benzene rings is 1. The third kappa shape index (κ3) is 3.08. The van der Waals surface area contributed by atoms with Crippen molar-refractivity contribution in [1.82, 2.24) is 9.47 Å². The topological polar surface area (TPSA) is 80.4 Å². The van der Waals surface area contributed by atoms with Gasteiger partial charge in [0.05, 0.1) is 4.92 Å². The van der Waals surface area contributed by atoms with E-state index in [9.17, 15) is 14.9 Å². The van der Waals surface area contributed by atoms with Crippen LogP contribution in [0.15, 0.2) is 47.3 Å². The van der Waals surface area contributed by atoms with Gasteiger partial charge in [0.25, 0.3) is 11.2 Å². The predicted octanol–water partition coefficient (Wildman–Crippen LogP) is 2.57. The molecule has 2 aromatic rings. The molecule has 0 saturated carbocycles. The van der Waals surface area contributed by atoms with Crippen molar-refractivity contribution in [3.63, 3.8) is 0 Å². The fourth-order valence-corrected chi connectivity index (χ4v) is 4.20. The fourth-order valence-electron chi connectivity index (χ4n) is 3.93. The van der Waals surface area contributed by atoms with E-state index in [-0.39, 0.29) is 17.2 Å². The summed E-state index contributed by atoms with van der Waals surface area (Å²) < 4.78 is 1.89. The SMILES string of the molecule is O=c1cccc2n1C[C@H]1C[C@@H]2CN(C(=S)Nc2ccc([N+](=O)[O-])cc2)C1. The number of non-ortho nitro benzene ring substituents is 1. The van der Waals surface area contributed by atoms with Crippen LogP contribution >= 0.6 is 12.2 Å². The van der Waals surface area contributed by atoms with E-state index in [0.717, 1.165) is 37.4 Å². The number of hydrogen-bond donors (Lipinski definition) is 1. The Labute approximate surface area is 155 Å². The Hall–Kier alpha value is -2.74. The lowest BCUT2D eigenvalue weighted by Crippen LogP contribution is -2.50. The summed E-state index contributed by atoms with van der Waals surface area (Å²) in [6, 6.07) is 11.7. The van der Waals surface area contributed by atoms with Crippen LogP contribution in [0.5, 0.6) is 0 Å². The molecular formula is C18H18N4O3S. The van der Waals surface area contributed by atoms with Crippen LogP contribution in [-0.4, -0.2) is 32.6 Å². The number of piperidine rings is 1. The molecule has 4 rings (SSSR count). The molecule has 0 unspecified atom stereocenters. The third-order valence-electron chi connectivity index (χ3n) is 5.10. The predicted molar refractivity (Wildman–Crippen MR) is 102 cm³/mol. The maximum atomic E-state index is 12.1. The molecule has 0 amide bonds. The zero-order valence-corrected chi connectivity index (χ0v) is 14.8. The van der Waals surface area contributed by atoms with Gasteiger partial charge in [-0.1, -0.05) is 6.07 Å². The maximum absolute atomic E-state index is 12.1. The monoisotopic (exact) mass is 370 g/mol. The second kappa shape index (κ2) is 6.53. The minimum absolute atomic E-state index is 0.0519. The molecule has 1 aromatic heterocycles. The third-order valence-corrected chi connectivity index (χ3v) is 5.46. The van der Waals surface area contributed by atoms with Gasteiger partial charge in [-0.05, 0) is 42.8 Å². The van der Waals surface area contributed by atoms with Gasteiger partial charge in [-0.25, -0.2) is 0 Å². The van der Waals surface area contributed by atoms with E-state index in [0.29, 0.717) is 11.0 Å². The van der Waals surface area contributed by atoms with Crippen LogP contribution in [0, 0.1) is 16.0 Å². The molecule has 0 aliphatic carbocycles. The maximum Gasteiger partial charge on any atom is 0.269 e. The molecule has 0 radical (unpaired) electrons. The Kier molecular flexibility index (Phi) is 4.20. The summed E-state index contributed by atoms with van der Waals surface area (Å²) in [5.41, 5.74) is 1.93. The number of nitro benzene ring substituents is 1. The first-order valence-corrected chi connectivity index (χ1v) is 8.92. The average molecular weight is 370 g/mol. The lowest BCUT2D eigenvalue weighted by Gasteiger charge is -2.43. The molecule has 2 aliphatic heterocycles. The highest BCUT2D eigenvalue weighted by Crippen LogP contribution is 2.35. The Morgan fingerprint density at radius 1 is 1.15 bits per heavy atom. The molecule has 2 aliphatic rings. The number of aromatic nitrogens is 1. The summed E-state index contributed by atoms with van der Waals surface area (Å²) in [5.74, 6) is 0.672. The van der Waals surface area contributed by atoms with E-state index < -0.39 is 4.92 Å². The van der Waals surface area contributed by atoms with E-state index in [1.54, 1.807) is 18.2 Å². The van der Waals surface area contributed by atoms with E-state index in [4.69, 9.17) is 12.2 Å². The van der Waals surface area contributed by atoms with Crippen LogP contribution in [0.25, 0.3) is 0 Å². The Morgan fingerprint density at radius 2 is 1.92 bits per heavy atom. The summed E-state index contributed by atoms with van der Waals surface area (Å²) in [7, 11) is 0. The van der Waals surface area contributed by atoms with E-state index in [2.05, 4.69) is 10.2 Å². The molecule has 26 heavy (non-hydrogen) atoms. The molecule has 2 atom stereocenters. The number of anilines is 1. The summed E-state index contributed by atoms with van der Waals surface area (Å²) in [5, 5.41) is 14.5. The number of nitrogens with one attached hydrogen (secondary N) is 1. The van der Waals surface area contributed by atoms with Crippen LogP contribution in [0.3, 0.4) is 0 Å². The van der Waals surface area contributed by atoms with Crippen molar-refractivity contribution in [2.24, 2.45) is 5.92 Å². The Balaban J connectivity index is 1.49. The number of fused-ring (bicyclic) bond motifs is 4. The van der Waals surface area contributed by atoms with Crippen LogP contribution in [0.2, 0.25) is 0 Å². The molecule has 134 valence electrons. The van der Waals surface area contributed by atoms with Gasteiger partial charge in [-0.15, -0.1) is 0 Å². The summed E-state index contributed by atoms with van der Waals surface area (Å²) in [4.78, 5) is 24.5. The van der Waals surface area contributed by atoms with Gasteiger partial charge in [0, 0.05) is 55.1 Å². The van der Waals surface area contributed by atoms with Gasteiger partial charge in [0.2, 0.25) is 0 Å². The van der Waals surface area contributed by atoms with Crippen LogP contribution in [-0.2, 0) is 6.54 Å². The molecule has 1 aromatic carbocycles. The molecule has 3 heterocycles. The van der Waals surface area contributed by atoms with Gasteiger partial charge in [0.15, 0.2) is 5.11 Å². The van der Waals surface area contributed by atoms with Gasteiger partial charge in [-0.2, -0.15) is 0 Å². The van der Waals surface area contributed by atoms with Crippen molar-refractivity contribution in [1.29, 1.82) is 0 Å².